The Morgan fingerprint density at radius 3 is 0.690 bits per heavy atom. The zero-order valence-corrected chi connectivity index (χ0v) is 30.1. The van der Waals surface area contributed by atoms with E-state index in [9.17, 15) is 0 Å². The predicted octanol–water partition coefficient (Wildman–Crippen LogP) is 4.01. The number of hydrogen-bond donors (Lipinski definition) is 0. The van der Waals surface area contributed by atoms with Gasteiger partial charge in [-0.1, -0.05) is 20.8 Å². The Kier molecular flexibility index (Phi) is 27.3. The fourth-order valence-corrected chi connectivity index (χ4v) is 4.56. The van der Waals surface area contributed by atoms with Crippen molar-refractivity contribution in [2.75, 3.05) is 132 Å². The van der Waals surface area contributed by atoms with Crippen LogP contribution in [-0.4, -0.2) is 149 Å². The maximum Gasteiger partial charge on any atom is 0.192 e. The fraction of sp³-hybridized carbons (Fsp3) is 1.00. The third-order valence-electron chi connectivity index (χ3n) is 6.24. The van der Waals surface area contributed by atoms with Crippen LogP contribution in [0.5, 0.6) is 0 Å². The number of rotatable bonds is 32. The summed E-state index contributed by atoms with van der Waals surface area (Å²) in [6.45, 7) is 28.8. The summed E-state index contributed by atoms with van der Waals surface area (Å²) in [6.07, 6.45) is 0. The van der Waals surface area contributed by atoms with Gasteiger partial charge in [-0.2, -0.15) is 0 Å². The second-order valence-corrected chi connectivity index (χ2v) is 21.4. The second-order valence-electron chi connectivity index (χ2n) is 12.1. The highest BCUT2D eigenvalue weighted by Crippen LogP contribution is 2.36. The normalized spacial score (nSPS) is 12.9. The molecule has 0 atom stereocenters. The second kappa shape index (κ2) is 27.3. The van der Waals surface area contributed by atoms with Crippen LogP contribution in [0.2, 0.25) is 37.8 Å². The number of hydrogen-bond acceptors (Lipinski definition) is 11. The van der Waals surface area contributed by atoms with E-state index in [1.807, 2.05) is 0 Å². The van der Waals surface area contributed by atoms with Crippen LogP contribution in [0.25, 0.3) is 0 Å². The van der Waals surface area contributed by atoms with Crippen molar-refractivity contribution in [1.29, 1.82) is 0 Å². The molecule has 0 spiro atoms. The highest BCUT2D eigenvalue weighted by molar-refractivity contribution is 6.74. The first-order chi connectivity index (χ1) is 20.0. The summed E-state index contributed by atoms with van der Waals surface area (Å²) >= 11 is 0. The molecule has 0 unspecified atom stereocenters. The molecule has 0 aliphatic rings. The van der Waals surface area contributed by atoms with E-state index in [1.165, 1.54) is 0 Å². The molecule has 0 aliphatic carbocycles. The van der Waals surface area contributed by atoms with E-state index in [1.54, 1.807) is 0 Å². The van der Waals surface area contributed by atoms with Gasteiger partial charge in [0.05, 0.1) is 132 Å². The fourth-order valence-electron chi connectivity index (χ4n) is 2.84. The van der Waals surface area contributed by atoms with Crippen LogP contribution >= 0.6 is 0 Å². The van der Waals surface area contributed by atoms with Gasteiger partial charge in [-0.25, -0.2) is 0 Å². The molecule has 0 radical (unpaired) electrons. The molecule has 254 valence electrons. The first kappa shape index (κ1) is 42.0. The standard InChI is InChI=1S/C29H64O11Si2/c1-29(2,3)42(7,8)40-28-26-38-24-22-36-20-18-34-16-14-32-12-10-30-9-11-31-13-15-33-17-19-35-21-23-37-25-27-39-41(4,5)6/h9-28H2,1-8H3. The van der Waals surface area contributed by atoms with Gasteiger partial charge in [-0.3, -0.25) is 0 Å². The first-order valence-electron chi connectivity index (χ1n) is 15.4. The quantitative estimate of drug-likeness (QED) is 0.0784. The third-order valence-corrected chi connectivity index (χ3v) is 11.8. The summed E-state index contributed by atoms with van der Waals surface area (Å²) < 4.78 is 61.3. The highest BCUT2D eigenvalue weighted by Gasteiger charge is 2.36. The number of ether oxygens (including phenoxy) is 9. The van der Waals surface area contributed by atoms with E-state index < -0.39 is 16.6 Å². The van der Waals surface area contributed by atoms with Crippen molar-refractivity contribution in [1.82, 2.24) is 0 Å². The highest BCUT2D eigenvalue weighted by atomic mass is 28.4. The topological polar surface area (TPSA) is 102 Å². The van der Waals surface area contributed by atoms with Gasteiger partial charge >= 0.3 is 0 Å². The van der Waals surface area contributed by atoms with Gasteiger partial charge in [0.2, 0.25) is 0 Å². The Balaban J connectivity index is 3.14. The van der Waals surface area contributed by atoms with Crippen molar-refractivity contribution in [3.05, 3.63) is 0 Å². The molecular weight excluding hydrogens is 580 g/mol. The summed E-state index contributed by atoms with van der Waals surface area (Å²) in [7, 11) is -3.14. The van der Waals surface area contributed by atoms with Crippen molar-refractivity contribution < 1.29 is 51.5 Å². The predicted molar refractivity (Wildman–Crippen MR) is 170 cm³/mol. The Hall–Kier alpha value is -0.00623. The van der Waals surface area contributed by atoms with E-state index in [2.05, 4.69) is 53.5 Å². The maximum atomic E-state index is 6.08. The van der Waals surface area contributed by atoms with Gasteiger partial charge in [0.25, 0.3) is 0 Å². The minimum absolute atomic E-state index is 0.221. The molecule has 0 N–H and O–H groups in total. The molecule has 0 amide bonds. The average molecular weight is 645 g/mol. The summed E-state index contributed by atoms with van der Waals surface area (Å²) in [5.41, 5.74) is 0. The summed E-state index contributed by atoms with van der Waals surface area (Å²) in [5, 5.41) is 0.221. The average Bonchev–Trinajstić information content (AvgIpc) is 2.90. The lowest BCUT2D eigenvalue weighted by Crippen LogP contribution is -2.41. The molecule has 0 aromatic carbocycles. The molecule has 0 rings (SSSR count). The molecule has 0 aromatic rings. The van der Waals surface area contributed by atoms with Gasteiger partial charge in [-0.05, 0) is 37.8 Å². The van der Waals surface area contributed by atoms with E-state index in [0.29, 0.717) is 132 Å². The van der Waals surface area contributed by atoms with Crippen molar-refractivity contribution in [2.24, 2.45) is 0 Å². The van der Waals surface area contributed by atoms with Crippen LogP contribution in [0.4, 0.5) is 0 Å². The van der Waals surface area contributed by atoms with Crippen LogP contribution in [0, 0.1) is 0 Å². The van der Waals surface area contributed by atoms with Crippen molar-refractivity contribution in [3.8, 4) is 0 Å². The molecular formula is C29H64O11Si2. The first-order valence-corrected chi connectivity index (χ1v) is 21.7. The van der Waals surface area contributed by atoms with Crippen molar-refractivity contribution >= 4 is 16.6 Å². The zero-order chi connectivity index (χ0) is 31.4. The van der Waals surface area contributed by atoms with Crippen LogP contribution in [-0.2, 0) is 51.5 Å². The summed E-state index contributed by atoms with van der Waals surface area (Å²) in [4.78, 5) is 0. The van der Waals surface area contributed by atoms with E-state index in [4.69, 9.17) is 51.5 Å². The Morgan fingerprint density at radius 1 is 0.310 bits per heavy atom. The largest absolute Gasteiger partial charge is 0.415 e. The molecule has 0 aromatic heterocycles. The van der Waals surface area contributed by atoms with E-state index >= 15 is 0 Å². The van der Waals surface area contributed by atoms with Gasteiger partial charge < -0.3 is 51.5 Å². The Bertz CT molecular complexity index is 573. The molecule has 11 nitrogen and oxygen atoms in total. The van der Waals surface area contributed by atoms with Crippen LogP contribution in [0.1, 0.15) is 20.8 Å². The molecule has 0 saturated carbocycles. The Morgan fingerprint density at radius 2 is 0.500 bits per heavy atom. The Labute approximate surface area is 258 Å². The lowest BCUT2D eigenvalue weighted by atomic mass is 10.2. The van der Waals surface area contributed by atoms with Gasteiger partial charge in [0, 0.05) is 0 Å². The van der Waals surface area contributed by atoms with Crippen LogP contribution in [0.15, 0.2) is 0 Å². The zero-order valence-electron chi connectivity index (χ0n) is 28.1. The van der Waals surface area contributed by atoms with Gasteiger partial charge in [0.1, 0.15) is 0 Å². The summed E-state index contributed by atoms with van der Waals surface area (Å²) in [5.74, 6) is 0. The van der Waals surface area contributed by atoms with Gasteiger partial charge in [0.15, 0.2) is 16.6 Å². The monoisotopic (exact) mass is 644 g/mol. The molecule has 0 fully saturated rings. The van der Waals surface area contributed by atoms with Gasteiger partial charge in [-0.15, -0.1) is 0 Å². The maximum absolute atomic E-state index is 6.08. The van der Waals surface area contributed by atoms with E-state index in [-0.39, 0.29) is 5.04 Å². The lowest BCUT2D eigenvalue weighted by Gasteiger charge is -2.36. The molecule has 0 bridgehead atoms. The SMILES string of the molecule is CC(C)(C)[Si](C)(C)OCCOCCOCCOCCOCCOCCOCCOCCOCCOCCO[Si](C)(C)C. The smallest absolute Gasteiger partial charge is 0.192 e. The molecule has 0 heterocycles. The van der Waals surface area contributed by atoms with Crippen LogP contribution < -0.4 is 0 Å². The molecule has 13 heteroatoms. The minimum atomic E-state index is -1.69. The molecule has 0 saturated heterocycles. The summed E-state index contributed by atoms with van der Waals surface area (Å²) in [6, 6.07) is 0. The lowest BCUT2D eigenvalue weighted by molar-refractivity contribution is -0.0258. The molecule has 0 aliphatic heterocycles. The minimum Gasteiger partial charge on any atom is -0.415 e. The van der Waals surface area contributed by atoms with Crippen molar-refractivity contribution in [3.63, 3.8) is 0 Å². The molecule has 42 heavy (non-hydrogen) atoms. The van der Waals surface area contributed by atoms with Crippen LogP contribution in [0.3, 0.4) is 0 Å². The van der Waals surface area contributed by atoms with E-state index in [0.717, 1.165) is 0 Å². The van der Waals surface area contributed by atoms with Crippen molar-refractivity contribution in [2.45, 2.75) is 58.5 Å². The third kappa shape index (κ3) is 30.0.